The summed E-state index contributed by atoms with van der Waals surface area (Å²) in [6.45, 7) is 6.43. The van der Waals surface area contributed by atoms with E-state index in [1.807, 2.05) is 0 Å². The average Bonchev–Trinajstić information content (AvgIpc) is 2.41. The van der Waals surface area contributed by atoms with Gasteiger partial charge in [-0.3, -0.25) is 9.80 Å². The number of hydrogen-bond acceptors (Lipinski definition) is 3. The molecule has 1 heterocycles. The molecule has 0 spiro atoms. The van der Waals surface area contributed by atoms with Crippen LogP contribution in [0.5, 0.6) is 0 Å². The van der Waals surface area contributed by atoms with E-state index in [4.69, 9.17) is 5.73 Å². The maximum atomic E-state index is 5.86. The Bertz CT molecular complexity index is 352. The molecule has 1 aromatic rings. The first kappa shape index (κ1) is 13.5. The smallest absolute Gasteiger partial charge is 0.0346 e. The fourth-order valence-electron chi connectivity index (χ4n) is 2.72. The van der Waals surface area contributed by atoms with E-state index in [0.717, 1.165) is 32.6 Å². The summed E-state index contributed by atoms with van der Waals surface area (Å²) < 4.78 is 0. The van der Waals surface area contributed by atoms with Crippen molar-refractivity contribution in [3.05, 3.63) is 35.9 Å². The highest BCUT2D eigenvalue weighted by atomic mass is 15.3. The maximum absolute atomic E-state index is 5.86. The summed E-state index contributed by atoms with van der Waals surface area (Å²) in [7, 11) is 2.19. The quantitative estimate of drug-likeness (QED) is 0.867. The summed E-state index contributed by atoms with van der Waals surface area (Å²) in [6.07, 6.45) is 1.13. The standard InChI is InChI=1S/C15H25N3/c1-13-11-18(12-15(10-16)17(13)2)9-8-14-6-4-3-5-7-14/h3-7,13,15H,8-12,16H2,1-2H3. The molecular weight excluding hydrogens is 222 g/mol. The van der Waals surface area contributed by atoms with E-state index in [2.05, 4.69) is 54.1 Å². The van der Waals surface area contributed by atoms with Gasteiger partial charge in [-0.1, -0.05) is 30.3 Å². The number of piperazine rings is 1. The first-order valence-electron chi connectivity index (χ1n) is 6.89. The molecule has 1 aliphatic rings. The Morgan fingerprint density at radius 1 is 1.22 bits per heavy atom. The van der Waals surface area contributed by atoms with Gasteiger partial charge in [0.25, 0.3) is 0 Å². The molecule has 18 heavy (non-hydrogen) atoms. The molecule has 0 saturated carbocycles. The molecule has 1 aliphatic heterocycles. The van der Waals surface area contributed by atoms with E-state index in [1.54, 1.807) is 0 Å². The van der Waals surface area contributed by atoms with Crippen LogP contribution < -0.4 is 5.73 Å². The first-order valence-corrected chi connectivity index (χ1v) is 6.89. The molecule has 0 amide bonds. The Kier molecular flexibility index (Phi) is 4.75. The van der Waals surface area contributed by atoms with Crippen LogP contribution in [0.3, 0.4) is 0 Å². The second kappa shape index (κ2) is 6.32. The third kappa shape index (κ3) is 3.31. The molecule has 2 atom stereocenters. The van der Waals surface area contributed by atoms with Gasteiger partial charge in [0.15, 0.2) is 0 Å². The molecule has 100 valence electrons. The van der Waals surface area contributed by atoms with Crippen molar-refractivity contribution < 1.29 is 0 Å². The molecule has 2 rings (SSSR count). The van der Waals surface area contributed by atoms with Crippen molar-refractivity contribution in [1.82, 2.24) is 9.80 Å². The van der Waals surface area contributed by atoms with Crippen LogP contribution in [0.4, 0.5) is 0 Å². The minimum absolute atomic E-state index is 0.504. The molecule has 0 aromatic heterocycles. The summed E-state index contributed by atoms with van der Waals surface area (Å²) in [4.78, 5) is 4.97. The van der Waals surface area contributed by atoms with Gasteiger partial charge in [-0.2, -0.15) is 0 Å². The molecule has 1 saturated heterocycles. The van der Waals surface area contributed by atoms with E-state index in [0.29, 0.717) is 12.1 Å². The second-order valence-electron chi connectivity index (χ2n) is 5.40. The van der Waals surface area contributed by atoms with Gasteiger partial charge in [-0.05, 0) is 26.0 Å². The SMILES string of the molecule is CC1CN(CCc2ccccc2)CC(CN)N1C. The van der Waals surface area contributed by atoms with E-state index in [-0.39, 0.29) is 0 Å². The van der Waals surface area contributed by atoms with Crippen molar-refractivity contribution in [2.24, 2.45) is 5.73 Å². The predicted molar refractivity (Wildman–Crippen MR) is 76.7 cm³/mol. The van der Waals surface area contributed by atoms with Gasteiger partial charge in [0.2, 0.25) is 0 Å². The Balaban J connectivity index is 1.86. The first-order chi connectivity index (χ1) is 8.70. The summed E-state index contributed by atoms with van der Waals surface area (Å²) >= 11 is 0. The van der Waals surface area contributed by atoms with Crippen LogP contribution in [-0.4, -0.2) is 55.1 Å². The van der Waals surface area contributed by atoms with Crippen LogP contribution in [0.1, 0.15) is 12.5 Å². The van der Waals surface area contributed by atoms with Crippen LogP contribution >= 0.6 is 0 Å². The number of likely N-dealkylation sites (N-methyl/N-ethyl adjacent to an activating group) is 1. The third-order valence-electron chi connectivity index (χ3n) is 4.09. The Labute approximate surface area is 111 Å². The number of nitrogens with two attached hydrogens (primary N) is 1. The summed E-state index contributed by atoms with van der Waals surface area (Å²) in [5.41, 5.74) is 7.28. The molecule has 1 aromatic carbocycles. The molecule has 3 heteroatoms. The van der Waals surface area contributed by atoms with Crippen LogP contribution in [0.2, 0.25) is 0 Å². The number of benzene rings is 1. The molecule has 0 radical (unpaired) electrons. The van der Waals surface area contributed by atoms with E-state index >= 15 is 0 Å². The zero-order valence-electron chi connectivity index (χ0n) is 11.5. The van der Waals surface area contributed by atoms with Crippen LogP contribution in [0.15, 0.2) is 30.3 Å². The van der Waals surface area contributed by atoms with Crippen molar-refractivity contribution in [2.75, 3.05) is 33.2 Å². The fraction of sp³-hybridized carbons (Fsp3) is 0.600. The third-order valence-corrected chi connectivity index (χ3v) is 4.09. The summed E-state index contributed by atoms with van der Waals surface area (Å²) in [5, 5.41) is 0. The molecule has 3 nitrogen and oxygen atoms in total. The molecular formula is C15H25N3. The average molecular weight is 247 g/mol. The highest BCUT2D eigenvalue weighted by molar-refractivity contribution is 5.14. The van der Waals surface area contributed by atoms with Gasteiger partial charge in [0, 0.05) is 38.3 Å². The normalized spacial score (nSPS) is 26.4. The van der Waals surface area contributed by atoms with Crippen molar-refractivity contribution >= 4 is 0 Å². The topological polar surface area (TPSA) is 32.5 Å². The largest absolute Gasteiger partial charge is 0.329 e. The van der Waals surface area contributed by atoms with E-state index in [9.17, 15) is 0 Å². The lowest BCUT2D eigenvalue weighted by Crippen LogP contribution is -2.58. The van der Waals surface area contributed by atoms with E-state index in [1.165, 1.54) is 5.56 Å². The lowest BCUT2D eigenvalue weighted by Gasteiger charge is -2.43. The fourth-order valence-corrected chi connectivity index (χ4v) is 2.72. The van der Waals surface area contributed by atoms with Crippen molar-refractivity contribution in [2.45, 2.75) is 25.4 Å². The van der Waals surface area contributed by atoms with Gasteiger partial charge >= 0.3 is 0 Å². The van der Waals surface area contributed by atoms with Gasteiger partial charge in [-0.25, -0.2) is 0 Å². The van der Waals surface area contributed by atoms with Crippen LogP contribution in [0, 0.1) is 0 Å². The highest BCUT2D eigenvalue weighted by Crippen LogP contribution is 2.13. The Hall–Kier alpha value is -0.900. The summed E-state index contributed by atoms with van der Waals surface area (Å²) in [6, 6.07) is 11.8. The second-order valence-corrected chi connectivity index (χ2v) is 5.40. The maximum Gasteiger partial charge on any atom is 0.0346 e. The van der Waals surface area contributed by atoms with Crippen molar-refractivity contribution in [3.63, 3.8) is 0 Å². The van der Waals surface area contributed by atoms with Gasteiger partial charge < -0.3 is 5.73 Å². The molecule has 0 aliphatic carbocycles. The van der Waals surface area contributed by atoms with Crippen molar-refractivity contribution in [3.8, 4) is 0 Å². The highest BCUT2D eigenvalue weighted by Gasteiger charge is 2.27. The minimum atomic E-state index is 0.504. The molecule has 2 N–H and O–H groups in total. The van der Waals surface area contributed by atoms with Crippen molar-refractivity contribution in [1.29, 1.82) is 0 Å². The molecule has 1 fully saturated rings. The monoisotopic (exact) mass is 247 g/mol. The Morgan fingerprint density at radius 2 is 1.94 bits per heavy atom. The lowest BCUT2D eigenvalue weighted by molar-refractivity contribution is 0.0562. The lowest BCUT2D eigenvalue weighted by atomic mass is 10.1. The van der Waals surface area contributed by atoms with Gasteiger partial charge in [0.05, 0.1) is 0 Å². The van der Waals surface area contributed by atoms with Crippen LogP contribution in [0.25, 0.3) is 0 Å². The Morgan fingerprint density at radius 3 is 2.61 bits per heavy atom. The number of nitrogens with zero attached hydrogens (tertiary/aromatic N) is 2. The van der Waals surface area contributed by atoms with Gasteiger partial charge in [-0.15, -0.1) is 0 Å². The van der Waals surface area contributed by atoms with E-state index < -0.39 is 0 Å². The minimum Gasteiger partial charge on any atom is -0.329 e. The predicted octanol–water partition coefficient (Wildman–Crippen LogP) is 1.19. The number of hydrogen-bond donors (Lipinski definition) is 1. The summed E-state index contributed by atoms with van der Waals surface area (Å²) in [5.74, 6) is 0. The zero-order chi connectivity index (χ0) is 13.0. The molecule has 2 unspecified atom stereocenters. The zero-order valence-corrected chi connectivity index (χ0v) is 11.5. The number of rotatable bonds is 4. The van der Waals surface area contributed by atoms with Gasteiger partial charge in [0.1, 0.15) is 0 Å². The molecule has 0 bridgehead atoms. The van der Waals surface area contributed by atoms with Crippen LogP contribution in [-0.2, 0) is 6.42 Å².